The van der Waals surface area contributed by atoms with Crippen molar-refractivity contribution in [2.24, 2.45) is 11.8 Å². The highest BCUT2D eigenvalue weighted by Crippen LogP contribution is 2.20. The molecular formula is C13H24N4O. The number of hydrogen-bond acceptors (Lipinski definition) is 4. The topological polar surface area (TPSA) is 65.1 Å². The van der Waals surface area contributed by atoms with E-state index < -0.39 is 0 Å². The van der Waals surface area contributed by atoms with E-state index in [1.165, 1.54) is 5.69 Å². The molecule has 1 aromatic rings. The summed E-state index contributed by atoms with van der Waals surface area (Å²) in [6, 6.07) is 2.46. The van der Waals surface area contributed by atoms with Crippen LogP contribution < -0.4 is 11.3 Å². The minimum absolute atomic E-state index is 0.304. The average molecular weight is 252 g/mol. The smallest absolute Gasteiger partial charge is 0.0596 e. The van der Waals surface area contributed by atoms with Crippen LogP contribution in [0.3, 0.4) is 0 Å². The maximum atomic E-state index is 5.68. The Hall–Kier alpha value is -0.910. The minimum atomic E-state index is 0.304. The maximum absolute atomic E-state index is 5.68. The molecule has 2 heterocycles. The van der Waals surface area contributed by atoms with Gasteiger partial charge in [-0.05, 0) is 38.7 Å². The summed E-state index contributed by atoms with van der Waals surface area (Å²) >= 11 is 0. The van der Waals surface area contributed by atoms with Gasteiger partial charge in [0, 0.05) is 37.9 Å². The number of nitrogens with one attached hydrogen (secondary N) is 1. The third kappa shape index (κ3) is 3.31. The van der Waals surface area contributed by atoms with Crippen LogP contribution in [-0.4, -0.2) is 29.0 Å². The van der Waals surface area contributed by atoms with Gasteiger partial charge in [0.15, 0.2) is 0 Å². The van der Waals surface area contributed by atoms with Gasteiger partial charge in [-0.3, -0.25) is 16.0 Å². The lowest BCUT2D eigenvalue weighted by atomic mass is 9.96. The van der Waals surface area contributed by atoms with E-state index in [1.54, 1.807) is 0 Å². The zero-order chi connectivity index (χ0) is 13.0. The monoisotopic (exact) mass is 252 g/mol. The molecule has 0 spiro atoms. The normalized spacial score (nSPS) is 21.4. The predicted molar refractivity (Wildman–Crippen MR) is 71.0 cm³/mol. The van der Waals surface area contributed by atoms with Crippen LogP contribution in [0.15, 0.2) is 6.07 Å². The molecule has 2 rings (SSSR count). The highest BCUT2D eigenvalue weighted by molar-refractivity contribution is 5.10. The summed E-state index contributed by atoms with van der Waals surface area (Å²) in [6.07, 6.45) is 3.16. The van der Waals surface area contributed by atoms with Crippen molar-refractivity contribution < 1.29 is 4.74 Å². The summed E-state index contributed by atoms with van der Waals surface area (Å²) in [5, 5.41) is 4.47. The molecular weight excluding hydrogens is 228 g/mol. The molecule has 1 aromatic heterocycles. The van der Waals surface area contributed by atoms with Gasteiger partial charge < -0.3 is 4.74 Å². The van der Waals surface area contributed by atoms with Crippen molar-refractivity contribution in [1.82, 2.24) is 15.2 Å². The van der Waals surface area contributed by atoms with E-state index >= 15 is 0 Å². The Labute approximate surface area is 109 Å². The van der Waals surface area contributed by atoms with Crippen LogP contribution in [0.4, 0.5) is 0 Å². The molecule has 0 aromatic carbocycles. The highest BCUT2D eigenvalue weighted by atomic mass is 16.5. The second kappa shape index (κ2) is 6.31. The Morgan fingerprint density at radius 3 is 3.11 bits per heavy atom. The van der Waals surface area contributed by atoms with Gasteiger partial charge in [0.1, 0.15) is 0 Å². The minimum Gasteiger partial charge on any atom is -0.381 e. The van der Waals surface area contributed by atoms with Gasteiger partial charge in [0.2, 0.25) is 0 Å². The van der Waals surface area contributed by atoms with Crippen molar-refractivity contribution in [3.63, 3.8) is 0 Å². The lowest BCUT2D eigenvalue weighted by Gasteiger charge is -2.19. The molecule has 1 aliphatic heterocycles. The molecule has 1 fully saturated rings. The first-order valence-corrected chi connectivity index (χ1v) is 6.80. The van der Waals surface area contributed by atoms with Gasteiger partial charge in [-0.15, -0.1) is 0 Å². The quantitative estimate of drug-likeness (QED) is 0.586. The molecule has 0 saturated carbocycles. The van der Waals surface area contributed by atoms with Gasteiger partial charge in [0.25, 0.3) is 0 Å². The number of aryl methyl sites for hydroxylation is 2. The number of aromatic nitrogens is 2. The van der Waals surface area contributed by atoms with Gasteiger partial charge >= 0.3 is 0 Å². The number of nitrogens with two attached hydrogens (primary N) is 1. The van der Waals surface area contributed by atoms with Crippen molar-refractivity contribution >= 4 is 0 Å². The Kier molecular flexibility index (Phi) is 4.74. The zero-order valence-corrected chi connectivity index (χ0v) is 11.4. The molecule has 3 N–H and O–H groups in total. The molecule has 5 nitrogen and oxygen atoms in total. The van der Waals surface area contributed by atoms with Gasteiger partial charge in [-0.1, -0.05) is 0 Å². The summed E-state index contributed by atoms with van der Waals surface area (Å²) in [6.45, 7) is 6.84. The standard InChI is InChI=1S/C13H24N4O/c1-3-17-13(6-10(2)16-17)8-12(15-14)7-11-4-5-18-9-11/h6,11-12,15H,3-5,7-9,14H2,1-2H3. The molecule has 0 bridgehead atoms. The first-order chi connectivity index (χ1) is 8.72. The fourth-order valence-electron chi connectivity index (χ4n) is 2.67. The molecule has 0 amide bonds. The highest BCUT2D eigenvalue weighted by Gasteiger charge is 2.21. The van der Waals surface area contributed by atoms with Crippen LogP contribution in [-0.2, 0) is 17.7 Å². The molecule has 1 saturated heterocycles. The maximum Gasteiger partial charge on any atom is 0.0596 e. The molecule has 0 aliphatic carbocycles. The second-order valence-corrected chi connectivity index (χ2v) is 5.13. The second-order valence-electron chi connectivity index (χ2n) is 5.13. The molecule has 1 aliphatic rings. The summed E-state index contributed by atoms with van der Waals surface area (Å²) < 4.78 is 7.48. The van der Waals surface area contributed by atoms with Gasteiger partial charge in [-0.2, -0.15) is 5.10 Å². The lowest BCUT2D eigenvalue weighted by molar-refractivity contribution is 0.181. The Morgan fingerprint density at radius 2 is 2.50 bits per heavy atom. The van der Waals surface area contributed by atoms with Gasteiger partial charge in [-0.25, -0.2) is 0 Å². The van der Waals surface area contributed by atoms with Crippen molar-refractivity contribution in [2.45, 2.75) is 45.7 Å². The molecule has 0 radical (unpaired) electrons. The van der Waals surface area contributed by atoms with Crippen LogP contribution in [0.2, 0.25) is 0 Å². The molecule has 102 valence electrons. The van der Waals surface area contributed by atoms with Crippen LogP contribution >= 0.6 is 0 Å². The molecule has 2 atom stereocenters. The summed E-state index contributed by atoms with van der Waals surface area (Å²) in [5.41, 5.74) is 5.28. The summed E-state index contributed by atoms with van der Waals surface area (Å²) in [7, 11) is 0. The van der Waals surface area contributed by atoms with Crippen molar-refractivity contribution in [2.75, 3.05) is 13.2 Å². The lowest BCUT2D eigenvalue weighted by Crippen LogP contribution is -2.38. The first kappa shape index (κ1) is 13.5. The zero-order valence-electron chi connectivity index (χ0n) is 11.4. The first-order valence-electron chi connectivity index (χ1n) is 6.80. The number of nitrogens with zero attached hydrogens (tertiary/aromatic N) is 2. The van der Waals surface area contributed by atoms with E-state index in [0.29, 0.717) is 12.0 Å². The van der Waals surface area contributed by atoms with Crippen molar-refractivity contribution in [3.8, 4) is 0 Å². The van der Waals surface area contributed by atoms with E-state index in [0.717, 1.165) is 44.7 Å². The summed E-state index contributed by atoms with van der Waals surface area (Å²) in [5.74, 6) is 6.32. The van der Waals surface area contributed by atoms with E-state index in [1.807, 2.05) is 6.92 Å². The van der Waals surface area contributed by atoms with E-state index in [4.69, 9.17) is 10.6 Å². The Bertz CT molecular complexity index is 371. The number of rotatable bonds is 6. The number of hydrogen-bond donors (Lipinski definition) is 2. The number of hydrazine groups is 1. The van der Waals surface area contributed by atoms with E-state index in [2.05, 4.69) is 28.2 Å². The fourth-order valence-corrected chi connectivity index (χ4v) is 2.67. The average Bonchev–Trinajstić information content (AvgIpc) is 2.98. The van der Waals surface area contributed by atoms with Crippen LogP contribution in [0.1, 0.15) is 31.2 Å². The van der Waals surface area contributed by atoms with Crippen LogP contribution in [0, 0.1) is 12.8 Å². The SMILES string of the molecule is CCn1nc(C)cc1CC(CC1CCOC1)NN. The number of ether oxygens (including phenoxy) is 1. The molecule has 2 unspecified atom stereocenters. The van der Waals surface area contributed by atoms with Crippen molar-refractivity contribution in [3.05, 3.63) is 17.5 Å². The predicted octanol–water partition coefficient (Wildman–Crippen LogP) is 1.01. The summed E-state index contributed by atoms with van der Waals surface area (Å²) in [4.78, 5) is 0. The van der Waals surface area contributed by atoms with Crippen molar-refractivity contribution in [1.29, 1.82) is 0 Å². The van der Waals surface area contributed by atoms with E-state index in [-0.39, 0.29) is 0 Å². The largest absolute Gasteiger partial charge is 0.381 e. The van der Waals surface area contributed by atoms with Gasteiger partial charge in [0.05, 0.1) is 5.69 Å². The Morgan fingerprint density at radius 1 is 1.67 bits per heavy atom. The third-order valence-corrected chi connectivity index (χ3v) is 3.62. The van der Waals surface area contributed by atoms with E-state index in [9.17, 15) is 0 Å². The fraction of sp³-hybridized carbons (Fsp3) is 0.769. The van der Waals surface area contributed by atoms with Crippen LogP contribution in [0.25, 0.3) is 0 Å². The van der Waals surface area contributed by atoms with Crippen LogP contribution in [0.5, 0.6) is 0 Å². The Balaban J connectivity index is 1.95. The molecule has 18 heavy (non-hydrogen) atoms. The molecule has 5 heteroatoms. The third-order valence-electron chi connectivity index (χ3n) is 3.62.